The van der Waals surface area contributed by atoms with Crippen LogP contribution in [0.25, 0.3) is 0 Å². The van der Waals surface area contributed by atoms with Gasteiger partial charge in [-0.3, -0.25) is 4.79 Å². The van der Waals surface area contributed by atoms with Gasteiger partial charge in [0.25, 0.3) is 0 Å². The van der Waals surface area contributed by atoms with E-state index in [1.807, 2.05) is 13.8 Å². The van der Waals surface area contributed by atoms with Crippen molar-refractivity contribution in [2.45, 2.75) is 84.9 Å². The first-order valence-corrected chi connectivity index (χ1v) is 11.0. The highest BCUT2D eigenvalue weighted by molar-refractivity contribution is 6.74. The minimum Gasteiger partial charge on any atom is -0.547 e. The summed E-state index contributed by atoms with van der Waals surface area (Å²) in [6.07, 6.45) is 6.58. The van der Waals surface area contributed by atoms with E-state index in [9.17, 15) is 4.79 Å². The summed E-state index contributed by atoms with van der Waals surface area (Å²) in [5, 5.41) is 0.227. The molecular formula is C17H34O3Si. The van der Waals surface area contributed by atoms with E-state index in [1.54, 1.807) is 0 Å². The molecule has 0 rings (SSSR count). The molecule has 124 valence electrons. The van der Waals surface area contributed by atoms with Crippen molar-refractivity contribution in [3.63, 3.8) is 0 Å². The summed E-state index contributed by atoms with van der Waals surface area (Å²) < 4.78 is 11.3. The number of allylic oxidation sites excluding steroid dienone is 2. The van der Waals surface area contributed by atoms with Gasteiger partial charge in [-0.05, 0) is 44.8 Å². The maximum Gasteiger partial charge on any atom is 0.305 e. The van der Waals surface area contributed by atoms with Crippen LogP contribution in [-0.2, 0) is 14.0 Å². The van der Waals surface area contributed by atoms with Crippen LogP contribution in [0.1, 0.15) is 66.7 Å². The standard InChI is InChI=1S/C17H34O3Si/c1-8-15(20-21(6,7)17(3,4)5)13-11-10-12-14-16(18)19-9-2/h8H,9-14H2,1-7H3/b15-8-. The summed E-state index contributed by atoms with van der Waals surface area (Å²) in [5.74, 6) is 1.03. The molecule has 0 spiro atoms. The van der Waals surface area contributed by atoms with Gasteiger partial charge in [-0.25, -0.2) is 0 Å². The zero-order valence-corrected chi connectivity index (χ0v) is 16.0. The number of carbonyl (C=O) groups excluding carboxylic acids is 1. The Balaban J connectivity index is 4.06. The van der Waals surface area contributed by atoms with E-state index in [1.165, 1.54) is 0 Å². The van der Waals surface area contributed by atoms with Crippen molar-refractivity contribution in [1.29, 1.82) is 0 Å². The minimum absolute atomic E-state index is 0.0821. The summed E-state index contributed by atoms with van der Waals surface area (Å²) in [7, 11) is -1.73. The first kappa shape index (κ1) is 20.2. The van der Waals surface area contributed by atoms with Gasteiger partial charge in [0.15, 0.2) is 0 Å². The maximum absolute atomic E-state index is 11.2. The lowest BCUT2D eigenvalue weighted by Crippen LogP contribution is -2.40. The van der Waals surface area contributed by atoms with Gasteiger partial charge in [0.2, 0.25) is 8.32 Å². The molecular weight excluding hydrogens is 280 g/mol. The van der Waals surface area contributed by atoms with Crippen molar-refractivity contribution >= 4 is 14.3 Å². The molecule has 0 fully saturated rings. The lowest BCUT2D eigenvalue weighted by molar-refractivity contribution is -0.143. The molecule has 0 amide bonds. The fourth-order valence-electron chi connectivity index (χ4n) is 1.71. The second-order valence-electron chi connectivity index (χ2n) is 6.98. The van der Waals surface area contributed by atoms with Crippen molar-refractivity contribution in [2.75, 3.05) is 6.61 Å². The molecule has 0 aromatic carbocycles. The van der Waals surface area contributed by atoms with Gasteiger partial charge in [-0.15, -0.1) is 0 Å². The minimum atomic E-state index is -1.73. The van der Waals surface area contributed by atoms with E-state index in [-0.39, 0.29) is 11.0 Å². The molecule has 0 saturated carbocycles. The molecule has 21 heavy (non-hydrogen) atoms. The molecule has 0 saturated heterocycles. The Morgan fingerprint density at radius 3 is 2.14 bits per heavy atom. The van der Waals surface area contributed by atoms with Gasteiger partial charge in [-0.2, -0.15) is 0 Å². The Kier molecular flexibility index (Phi) is 8.94. The van der Waals surface area contributed by atoms with E-state index < -0.39 is 8.32 Å². The average Bonchev–Trinajstić information content (AvgIpc) is 2.35. The summed E-state index contributed by atoms with van der Waals surface area (Å²) in [5.41, 5.74) is 0. The third kappa shape index (κ3) is 8.30. The molecule has 0 N–H and O–H groups in total. The van der Waals surface area contributed by atoms with Crippen LogP contribution in [0.2, 0.25) is 18.1 Å². The molecule has 0 aliphatic heterocycles. The van der Waals surface area contributed by atoms with Gasteiger partial charge in [-0.1, -0.05) is 33.3 Å². The first-order chi connectivity index (χ1) is 9.64. The van der Waals surface area contributed by atoms with Crippen LogP contribution in [0, 0.1) is 0 Å². The number of hydrogen-bond donors (Lipinski definition) is 0. The molecule has 4 heteroatoms. The predicted molar refractivity (Wildman–Crippen MR) is 91.8 cm³/mol. The van der Waals surface area contributed by atoms with Crippen molar-refractivity contribution in [3.05, 3.63) is 11.8 Å². The highest BCUT2D eigenvalue weighted by Gasteiger charge is 2.39. The maximum atomic E-state index is 11.2. The summed E-state index contributed by atoms with van der Waals surface area (Å²) in [6.45, 7) is 15.7. The Morgan fingerprint density at radius 1 is 1.10 bits per heavy atom. The topological polar surface area (TPSA) is 35.5 Å². The normalized spacial score (nSPS) is 13.2. The van der Waals surface area contributed by atoms with E-state index >= 15 is 0 Å². The molecule has 0 aromatic heterocycles. The molecule has 0 aliphatic carbocycles. The Hall–Kier alpha value is -0.773. The molecule has 0 atom stereocenters. The Bertz CT molecular complexity index is 340. The molecule has 3 nitrogen and oxygen atoms in total. The van der Waals surface area contributed by atoms with Crippen LogP contribution in [0.3, 0.4) is 0 Å². The molecule has 0 heterocycles. The van der Waals surface area contributed by atoms with Gasteiger partial charge < -0.3 is 9.16 Å². The van der Waals surface area contributed by atoms with E-state index in [0.717, 1.165) is 31.4 Å². The second-order valence-corrected chi connectivity index (χ2v) is 11.7. The fraction of sp³-hybridized carbons (Fsp3) is 0.824. The van der Waals surface area contributed by atoms with Crippen LogP contribution in [0.15, 0.2) is 11.8 Å². The molecule has 0 unspecified atom stereocenters. The summed E-state index contributed by atoms with van der Waals surface area (Å²) >= 11 is 0. The Labute approximate surface area is 132 Å². The van der Waals surface area contributed by atoms with Crippen molar-refractivity contribution in [1.82, 2.24) is 0 Å². The largest absolute Gasteiger partial charge is 0.547 e. The second kappa shape index (κ2) is 9.29. The SMILES string of the molecule is C/C=C(/CCCCCC(=O)OCC)O[Si](C)(C)C(C)(C)C. The zero-order valence-electron chi connectivity index (χ0n) is 15.0. The van der Waals surface area contributed by atoms with Crippen LogP contribution in [0.5, 0.6) is 0 Å². The van der Waals surface area contributed by atoms with Crippen molar-refractivity contribution in [3.8, 4) is 0 Å². The van der Waals surface area contributed by atoms with Gasteiger partial charge in [0.1, 0.15) is 0 Å². The van der Waals surface area contributed by atoms with E-state index in [0.29, 0.717) is 13.0 Å². The van der Waals surface area contributed by atoms with E-state index in [4.69, 9.17) is 9.16 Å². The summed E-state index contributed by atoms with van der Waals surface area (Å²) in [4.78, 5) is 11.2. The van der Waals surface area contributed by atoms with Crippen LogP contribution < -0.4 is 0 Å². The lowest BCUT2D eigenvalue weighted by Gasteiger charge is -2.37. The number of unbranched alkanes of at least 4 members (excludes halogenated alkanes) is 2. The monoisotopic (exact) mass is 314 g/mol. The number of rotatable bonds is 9. The van der Waals surface area contributed by atoms with Gasteiger partial charge >= 0.3 is 5.97 Å². The zero-order chi connectivity index (χ0) is 16.5. The smallest absolute Gasteiger partial charge is 0.305 e. The van der Waals surface area contributed by atoms with Crippen LogP contribution in [0.4, 0.5) is 0 Å². The lowest BCUT2D eigenvalue weighted by atomic mass is 10.1. The quantitative estimate of drug-likeness (QED) is 0.246. The fourth-order valence-corrected chi connectivity index (χ4v) is 2.90. The molecule has 0 bridgehead atoms. The van der Waals surface area contributed by atoms with Crippen LogP contribution >= 0.6 is 0 Å². The third-order valence-electron chi connectivity index (χ3n) is 4.12. The highest BCUT2D eigenvalue weighted by Crippen LogP contribution is 2.38. The predicted octanol–water partition coefficient (Wildman–Crippen LogP) is 5.43. The number of hydrogen-bond acceptors (Lipinski definition) is 3. The Morgan fingerprint density at radius 2 is 1.67 bits per heavy atom. The number of ether oxygens (including phenoxy) is 1. The molecule has 0 radical (unpaired) electrons. The van der Waals surface area contributed by atoms with Crippen molar-refractivity contribution < 1.29 is 14.0 Å². The number of esters is 1. The highest BCUT2D eigenvalue weighted by atomic mass is 28.4. The average molecular weight is 315 g/mol. The molecule has 0 aliphatic rings. The van der Waals surface area contributed by atoms with Gasteiger partial charge in [0.05, 0.1) is 12.4 Å². The van der Waals surface area contributed by atoms with Crippen LogP contribution in [-0.4, -0.2) is 20.9 Å². The summed E-state index contributed by atoms with van der Waals surface area (Å²) in [6, 6.07) is 0. The van der Waals surface area contributed by atoms with Gasteiger partial charge in [0, 0.05) is 12.8 Å². The van der Waals surface area contributed by atoms with E-state index in [2.05, 4.69) is 39.9 Å². The van der Waals surface area contributed by atoms with Crippen molar-refractivity contribution in [2.24, 2.45) is 0 Å². The third-order valence-corrected chi connectivity index (χ3v) is 8.51. The number of carbonyl (C=O) groups is 1. The molecule has 0 aromatic rings. The first-order valence-electron chi connectivity index (χ1n) is 8.14.